The van der Waals surface area contributed by atoms with Gasteiger partial charge in [-0.3, -0.25) is 4.79 Å². The molecule has 1 amide bonds. The molecule has 5 nitrogen and oxygen atoms in total. The Morgan fingerprint density at radius 2 is 2.16 bits per heavy atom. The van der Waals surface area contributed by atoms with Gasteiger partial charge in [-0.25, -0.2) is 9.37 Å². The normalized spacial score (nSPS) is 10.1. The van der Waals surface area contributed by atoms with E-state index in [1.807, 2.05) is 0 Å². The molecule has 0 atom stereocenters. The largest absolute Gasteiger partial charge is 0.491 e. The minimum atomic E-state index is -0.487. The molecule has 3 N–H and O–H groups in total. The lowest BCUT2D eigenvalue weighted by atomic mass is 10.2. The van der Waals surface area contributed by atoms with Crippen molar-refractivity contribution in [3.63, 3.8) is 0 Å². The first-order valence-electron chi connectivity index (χ1n) is 7.96. The predicted molar refractivity (Wildman–Crippen MR) is 94.4 cm³/mol. The quantitative estimate of drug-likeness (QED) is 0.572. The average Bonchev–Trinajstić information content (AvgIpc) is 2.62. The number of aromatic nitrogens is 1. The number of nitrogen functional groups attached to an aromatic ring is 1. The van der Waals surface area contributed by atoms with E-state index in [9.17, 15) is 9.18 Å². The molecular formula is C19H20FN3O2. The van der Waals surface area contributed by atoms with Gasteiger partial charge in [0, 0.05) is 24.7 Å². The Kier molecular flexibility index (Phi) is 6.78. The fourth-order valence-corrected chi connectivity index (χ4v) is 2.20. The summed E-state index contributed by atoms with van der Waals surface area (Å²) in [6, 6.07) is 8.00. The highest BCUT2D eigenvalue weighted by atomic mass is 19.1. The maximum atomic E-state index is 14.4. The van der Waals surface area contributed by atoms with Gasteiger partial charge in [0.15, 0.2) is 11.6 Å². The van der Waals surface area contributed by atoms with Gasteiger partial charge in [0.25, 0.3) is 5.91 Å². The fraction of sp³-hybridized carbons (Fsp3) is 0.263. The molecule has 0 spiro atoms. The number of halogens is 1. The van der Waals surface area contributed by atoms with E-state index in [-0.39, 0.29) is 23.7 Å². The molecule has 0 unspecified atom stereocenters. The van der Waals surface area contributed by atoms with Crippen molar-refractivity contribution < 1.29 is 13.9 Å². The number of nitrogens with zero attached hydrogens (tertiary/aromatic N) is 1. The third-order valence-electron chi connectivity index (χ3n) is 3.54. The maximum Gasteiger partial charge on any atom is 0.255 e. The van der Waals surface area contributed by atoms with Crippen molar-refractivity contribution in [1.82, 2.24) is 10.3 Å². The molecule has 25 heavy (non-hydrogen) atoms. The first-order valence-corrected chi connectivity index (χ1v) is 7.96. The van der Waals surface area contributed by atoms with Crippen LogP contribution in [-0.4, -0.2) is 17.5 Å². The number of pyridine rings is 1. The number of carbonyl (C=O) groups is 1. The number of anilines is 1. The molecule has 2 rings (SSSR count). The maximum absolute atomic E-state index is 14.4. The highest BCUT2D eigenvalue weighted by Gasteiger charge is 2.13. The Hall–Kier alpha value is -3.07. The van der Waals surface area contributed by atoms with Crippen LogP contribution in [0.25, 0.3) is 0 Å². The van der Waals surface area contributed by atoms with E-state index in [4.69, 9.17) is 16.9 Å². The number of rotatable bonds is 8. The smallest absolute Gasteiger partial charge is 0.255 e. The summed E-state index contributed by atoms with van der Waals surface area (Å²) >= 11 is 0. The summed E-state index contributed by atoms with van der Waals surface area (Å²) in [5.74, 6) is 1.94. The topological polar surface area (TPSA) is 77.2 Å². The number of unbranched alkanes of at least 4 members (excludes halogenated alkanes) is 2. The number of terminal acetylenes is 1. The molecule has 0 aliphatic heterocycles. The Morgan fingerprint density at radius 1 is 1.32 bits per heavy atom. The first kappa shape index (κ1) is 18.3. The lowest BCUT2D eigenvalue weighted by Crippen LogP contribution is -2.24. The second-order valence-corrected chi connectivity index (χ2v) is 5.36. The van der Waals surface area contributed by atoms with Crippen molar-refractivity contribution in [1.29, 1.82) is 0 Å². The monoisotopic (exact) mass is 341 g/mol. The number of amides is 1. The van der Waals surface area contributed by atoms with Crippen molar-refractivity contribution >= 4 is 11.7 Å². The molecular weight excluding hydrogens is 321 g/mol. The third-order valence-corrected chi connectivity index (χ3v) is 3.54. The van der Waals surface area contributed by atoms with E-state index in [1.165, 1.54) is 6.20 Å². The molecule has 6 heteroatoms. The van der Waals surface area contributed by atoms with Gasteiger partial charge in [-0.1, -0.05) is 12.1 Å². The number of nitrogens with one attached hydrogen (secondary N) is 1. The summed E-state index contributed by atoms with van der Waals surface area (Å²) in [4.78, 5) is 16.0. The van der Waals surface area contributed by atoms with E-state index in [1.54, 1.807) is 30.3 Å². The molecule has 0 bridgehead atoms. The van der Waals surface area contributed by atoms with Gasteiger partial charge in [-0.2, -0.15) is 0 Å². The van der Waals surface area contributed by atoms with Crippen LogP contribution in [0.1, 0.15) is 35.2 Å². The van der Waals surface area contributed by atoms with Crippen LogP contribution in [0.5, 0.6) is 5.75 Å². The number of carbonyl (C=O) groups excluding carboxylic acids is 1. The standard InChI is InChI=1S/C19H20FN3O2/c1-2-3-4-5-12-25-16-10-6-8-14(17(16)20)13-23-19(24)15-9-7-11-22-18(15)21/h1,6-11H,3-5,12-13H2,(H2,21,22)(H,23,24). The zero-order valence-electron chi connectivity index (χ0n) is 13.8. The predicted octanol–water partition coefficient (Wildman–Crippen LogP) is 2.92. The Morgan fingerprint density at radius 3 is 2.92 bits per heavy atom. The van der Waals surface area contributed by atoms with Gasteiger partial charge >= 0.3 is 0 Å². The van der Waals surface area contributed by atoms with E-state index >= 15 is 0 Å². The molecule has 0 aliphatic carbocycles. The summed E-state index contributed by atoms with van der Waals surface area (Å²) in [5.41, 5.74) is 6.24. The zero-order valence-corrected chi connectivity index (χ0v) is 13.8. The van der Waals surface area contributed by atoms with Crippen LogP contribution in [0.2, 0.25) is 0 Å². The lowest BCUT2D eigenvalue weighted by Gasteiger charge is -2.11. The number of nitrogens with two attached hydrogens (primary N) is 1. The van der Waals surface area contributed by atoms with Crippen molar-refractivity contribution in [3.8, 4) is 18.1 Å². The summed E-state index contributed by atoms with van der Waals surface area (Å²) in [5, 5.41) is 2.63. The zero-order chi connectivity index (χ0) is 18.1. The van der Waals surface area contributed by atoms with Gasteiger partial charge in [0.2, 0.25) is 0 Å². The molecule has 1 heterocycles. The third kappa shape index (κ3) is 5.21. The number of hydrogen-bond acceptors (Lipinski definition) is 4. The van der Waals surface area contributed by atoms with Gasteiger partial charge in [-0.05, 0) is 31.0 Å². The van der Waals surface area contributed by atoms with Crippen LogP contribution < -0.4 is 15.8 Å². The van der Waals surface area contributed by atoms with Crippen LogP contribution in [0.4, 0.5) is 10.2 Å². The van der Waals surface area contributed by atoms with E-state index < -0.39 is 11.7 Å². The number of hydrogen-bond donors (Lipinski definition) is 2. The molecule has 130 valence electrons. The molecule has 0 fully saturated rings. The summed E-state index contributed by atoms with van der Waals surface area (Å²) in [7, 11) is 0. The molecule has 0 radical (unpaired) electrons. The van der Waals surface area contributed by atoms with Crippen molar-refractivity contribution in [2.24, 2.45) is 0 Å². The van der Waals surface area contributed by atoms with Crippen molar-refractivity contribution in [2.75, 3.05) is 12.3 Å². The average molecular weight is 341 g/mol. The Bertz CT molecular complexity index is 772. The number of benzene rings is 1. The Labute approximate surface area is 146 Å². The second kappa shape index (κ2) is 9.28. The van der Waals surface area contributed by atoms with Gasteiger partial charge in [0.05, 0.1) is 12.2 Å². The lowest BCUT2D eigenvalue weighted by molar-refractivity contribution is 0.0951. The molecule has 1 aromatic heterocycles. The van der Waals surface area contributed by atoms with Crippen molar-refractivity contribution in [3.05, 3.63) is 53.5 Å². The van der Waals surface area contributed by atoms with Gasteiger partial charge in [0.1, 0.15) is 5.82 Å². The molecule has 0 saturated carbocycles. The second-order valence-electron chi connectivity index (χ2n) is 5.36. The molecule has 0 saturated heterocycles. The summed E-state index contributed by atoms with van der Waals surface area (Å²) in [6.07, 6.45) is 8.94. The molecule has 1 aromatic carbocycles. The van der Waals surface area contributed by atoms with Gasteiger partial charge < -0.3 is 15.8 Å². The number of ether oxygens (including phenoxy) is 1. The van der Waals surface area contributed by atoms with Crippen LogP contribution in [0.15, 0.2) is 36.5 Å². The van der Waals surface area contributed by atoms with E-state index in [0.717, 1.165) is 12.8 Å². The molecule has 2 aromatic rings. The van der Waals surface area contributed by atoms with Crippen LogP contribution in [0, 0.1) is 18.2 Å². The Balaban J connectivity index is 1.94. The highest BCUT2D eigenvalue weighted by molar-refractivity contribution is 5.98. The minimum Gasteiger partial charge on any atom is -0.491 e. The van der Waals surface area contributed by atoms with Gasteiger partial charge in [-0.15, -0.1) is 12.3 Å². The van der Waals surface area contributed by atoms with Crippen LogP contribution in [-0.2, 0) is 6.54 Å². The molecule has 0 aliphatic rings. The van der Waals surface area contributed by atoms with Crippen molar-refractivity contribution in [2.45, 2.75) is 25.8 Å². The highest BCUT2D eigenvalue weighted by Crippen LogP contribution is 2.21. The minimum absolute atomic E-state index is 0.0211. The van der Waals surface area contributed by atoms with E-state index in [0.29, 0.717) is 18.6 Å². The SMILES string of the molecule is C#CCCCCOc1cccc(CNC(=O)c2cccnc2N)c1F. The van der Waals surface area contributed by atoms with Crippen LogP contribution >= 0.6 is 0 Å². The summed E-state index contributed by atoms with van der Waals surface area (Å²) in [6.45, 7) is 0.411. The first-order chi connectivity index (χ1) is 12.1. The van der Waals surface area contributed by atoms with Crippen LogP contribution in [0.3, 0.4) is 0 Å². The summed E-state index contributed by atoms with van der Waals surface area (Å²) < 4.78 is 19.9. The fourth-order valence-electron chi connectivity index (χ4n) is 2.20. The van der Waals surface area contributed by atoms with E-state index in [2.05, 4.69) is 16.2 Å².